The van der Waals surface area contributed by atoms with Gasteiger partial charge in [-0.1, -0.05) is 35.2 Å². The van der Waals surface area contributed by atoms with E-state index in [1.807, 2.05) is 6.92 Å². The molecule has 1 aromatic carbocycles. The summed E-state index contributed by atoms with van der Waals surface area (Å²) in [5.74, 6) is -0.188. The number of nitrogens with one attached hydrogen (secondary N) is 1. The molecule has 1 atom stereocenters. The maximum atomic E-state index is 13.7. The van der Waals surface area contributed by atoms with Gasteiger partial charge < -0.3 is 10.2 Å². The van der Waals surface area contributed by atoms with Crippen LogP contribution >= 0.6 is 23.1 Å². The number of aromatic nitrogens is 2. The number of para-hydroxylation sites is 1. The topological polar surface area (TPSA) is 92.3 Å². The molecule has 2 aromatic rings. The number of hydrogen-bond acceptors (Lipinski definition) is 8. The minimum atomic E-state index is -3.04. The zero-order valence-electron chi connectivity index (χ0n) is 14.6. The predicted octanol–water partition coefficient (Wildman–Crippen LogP) is 2.55. The quantitative estimate of drug-likeness (QED) is 0.675. The second-order valence-corrected chi connectivity index (χ2v) is 10.4. The summed E-state index contributed by atoms with van der Waals surface area (Å²) in [6.07, 6.45) is 0.488. The van der Waals surface area contributed by atoms with Crippen LogP contribution < -0.4 is 5.32 Å². The first-order valence-corrected chi connectivity index (χ1v) is 12.0. The highest BCUT2D eigenvalue weighted by atomic mass is 32.2. The van der Waals surface area contributed by atoms with E-state index in [2.05, 4.69) is 15.5 Å². The fourth-order valence-corrected chi connectivity index (χ4v) is 6.24. The second-order valence-electron chi connectivity index (χ2n) is 6.00. The normalized spacial score (nSPS) is 18.4. The summed E-state index contributed by atoms with van der Waals surface area (Å²) in [5.41, 5.74) is 0.306. The molecule has 1 fully saturated rings. The van der Waals surface area contributed by atoms with E-state index in [1.165, 1.54) is 29.2 Å². The first-order chi connectivity index (χ1) is 12.9. The number of sulfone groups is 1. The van der Waals surface area contributed by atoms with Gasteiger partial charge in [-0.15, -0.1) is 10.2 Å². The third-order valence-corrected chi connectivity index (χ3v) is 7.86. The molecule has 0 radical (unpaired) electrons. The van der Waals surface area contributed by atoms with Crippen LogP contribution in [0.1, 0.15) is 13.3 Å². The van der Waals surface area contributed by atoms with Crippen molar-refractivity contribution in [3.63, 3.8) is 0 Å². The summed E-state index contributed by atoms with van der Waals surface area (Å²) in [4.78, 5) is 14.1. The molecule has 1 aliphatic heterocycles. The first kappa shape index (κ1) is 20.0. The Balaban J connectivity index is 1.56. The molecular formula is C16H19FN4O3S3. The van der Waals surface area contributed by atoms with Crippen molar-refractivity contribution in [2.45, 2.75) is 23.7 Å². The van der Waals surface area contributed by atoms with E-state index in [0.29, 0.717) is 28.1 Å². The molecule has 1 saturated heterocycles. The lowest BCUT2D eigenvalue weighted by molar-refractivity contribution is -0.129. The van der Waals surface area contributed by atoms with Crippen LogP contribution in [-0.2, 0) is 14.6 Å². The molecule has 2 heterocycles. The van der Waals surface area contributed by atoms with Gasteiger partial charge in [0.25, 0.3) is 0 Å². The Morgan fingerprint density at radius 3 is 2.85 bits per heavy atom. The zero-order chi connectivity index (χ0) is 19.4. The number of thioether (sulfide) groups is 1. The molecule has 1 aromatic heterocycles. The number of anilines is 2. The molecule has 0 saturated carbocycles. The van der Waals surface area contributed by atoms with Crippen molar-refractivity contribution in [2.75, 3.05) is 29.1 Å². The number of benzene rings is 1. The largest absolute Gasteiger partial charge is 0.338 e. The van der Waals surface area contributed by atoms with E-state index in [1.54, 1.807) is 23.1 Å². The molecule has 0 aliphatic carbocycles. The number of nitrogens with zero attached hydrogens (tertiary/aromatic N) is 3. The van der Waals surface area contributed by atoms with Crippen molar-refractivity contribution in [3.8, 4) is 0 Å². The summed E-state index contributed by atoms with van der Waals surface area (Å²) < 4.78 is 37.5. The highest BCUT2D eigenvalue weighted by Gasteiger charge is 2.33. The maximum Gasteiger partial charge on any atom is 0.233 e. The maximum absolute atomic E-state index is 13.7. The number of carbonyl (C=O) groups excluding carboxylic acids is 1. The van der Waals surface area contributed by atoms with Gasteiger partial charge >= 0.3 is 0 Å². The number of carbonyl (C=O) groups is 1. The Hall–Kier alpha value is -1.72. The third kappa shape index (κ3) is 5.17. The summed E-state index contributed by atoms with van der Waals surface area (Å²) in [6.45, 7) is 2.31. The van der Waals surface area contributed by atoms with E-state index in [0.717, 1.165) is 0 Å². The molecule has 1 aliphatic rings. The summed E-state index contributed by atoms with van der Waals surface area (Å²) in [6, 6.07) is 6.01. The van der Waals surface area contributed by atoms with Crippen LogP contribution in [0.25, 0.3) is 0 Å². The Morgan fingerprint density at radius 1 is 1.41 bits per heavy atom. The molecular weight excluding hydrogens is 411 g/mol. The van der Waals surface area contributed by atoms with Gasteiger partial charge in [0.2, 0.25) is 11.0 Å². The van der Waals surface area contributed by atoms with E-state index >= 15 is 0 Å². The van der Waals surface area contributed by atoms with Crippen molar-refractivity contribution in [3.05, 3.63) is 30.1 Å². The van der Waals surface area contributed by atoms with Crippen LogP contribution in [0.4, 0.5) is 15.2 Å². The van der Waals surface area contributed by atoms with Crippen LogP contribution in [0.15, 0.2) is 28.6 Å². The Labute approximate surface area is 165 Å². The lowest BCUT2D eigenvalue weighted by Gasteiger charge is -2.26. The van der Waals surface area contributed by atoms with Gasteiger partial charge in [0.15, 0.2) is 14.2 Å². The van der Waals surface area contributed by atoms with E-state index in [4.69, 9.17) is 0 Å². The smallest absolute Gasteiger partial charge is 0.233 e. The van der Waals surface area contributed by atoms with Crippen LogP contribution in [-0.4, -0.2) is 59.3 Å². The zero-order valence-corrected chi connectivity index (χ0v) is 17.0. The molecule has 146 valence electrons. The van der Waals surface area contributed by atoms with Crippen LogP contribution in [0.2, 0.25) is 0 Å². The molecule has 0 spiro atoms. The van der Waals surface area contributed by atoms with Gasteiger partial charge in [-0.25, -0.2) is 12.8 Å². The Kier molecular flexibility index (Phi) is 6.33. The lowest BCUT2D eigenvalue weighted by atomic mass is 10.2. The second kappa shape index (κ2) is 8.53. The molecule has 7 nitrogen and oxygen atoms in total. The summed E-state index contributed by atoms with van der Waals surface area (Å²) in [5, 5.41) is 11.3. The van der Waals surface area contributed by atoms with Gasteiger partial charge in [-0.05, 0) is 25.5 Å². The number of halogens is 1. The Bertz CT molecular complexity index is 919. The average molecular weight is 431 g/mol. The van der Waals surface area contributed by atoms with Crippen molar-refractivity contribution in [1.82, 2.24) is 15.1 Å². The van der Waals surface area contributed by atoms with Crippen molar-refractivity contribution in [1.29, 1.82) is 0 Å². The molecule has 0 bridgehead atoms. The predicted molar refractivity (Wildman–Crippen MR) is 105 cm³/mol. The third-order valence-electron chi connectivity index (χ3n) is 4.15. The number of rotatable bonds is 7. The fraction of sp³-hybridized carbons (Fsp3) is 0.438. The number of hydrogen-bond donors (Lipinski definition) is 1. The van der Waals surface area contributed by atoms with Crippen molar-refractivity contribution < 1.29 is 17.6 Å². The van der Waals surface area contributed by atoms with Gasteiger partial charge in [0.1, 0.15) is 5.82 Å². The van der Waals surface area contributed by atoms with Crippen LogP contribution in [0, 0.1) is 5.82 Å². The summed E-state index contributed by atoms with van der Waals surface area (Å²) >= 11 is 2.46. The van der Waals surface area contributed by atoms with Crippen LogP contribution in [0.3, 0.4) is 0 Å². The standard InChI is InChI=1S/C16H19FN4O3S3/c1-2-21(11-7-8-27(23,24)10-11)14(22)9-25-16-20-19-15(26-16)18-13-6-4-3-5-12(13)17/h3-6,11H,2,7-10H2,1H3,(H,18,19). The molecule has 3 rings (SSSR count). The van der Waals surface area contributed by atoms with Gasteiger partial charge in [0.05, 0.1) is 22.9 Å². The SMILES string of the molecule is CCN(C(=O)CSc1nnc(Nc2ccccc2F)s1)C1CCS(=O)(=O)C1. The monoisotopic (exact) mass is 430 g/mol. The van der Waals surface area contributed by atoms with Crippen molar-refractivity contribution in [2.24, 2.45) is 0 Å². The molecule has 27 heavy (non-hydrogen) atoms. The van der Waals surface area contributed by atoms with Gasteiger partial charge in [-0.3, -0.25) is 4.79 Å². The Morgan fingerprint density at radius 2 is 2.19 bits per heavy atom. The van der Waals surface area contributed by atoms with Gasteiger partial charge in [-0.2, -0.15) is 0 Å². The highest BCUT2D eigenvalue weighted by Crippen LogP contribution is 2.29. The molecule has 11 heteroatoms. The molecule has 1 unspecified atom stereocenters. The van der Waals surface area contributed by atoms with E-state index in [-0.39, 0.29) is 35.0 Å². The minimum absolute atomic E-state index is 0.0345. The molecule has 1 N–H and O–H groups in total. The average Bonchev–Trinajstić information content (AvgIpc) is 3.22. The van der Waals surface area contributed by atoms with Crippen LogP contribution in [0.5, 0.6) is 0 Å². The summed E-state index contributed by atoms with van der Waals surface area (Å²) in [7, 11) is -3.04. The lowest BCUT2D eigenvalue weighted by Crippen LogP contribution is -2.41. The van der Waals surface area contributed by atoms with Crippen molar-refractivity contribution >= 4 is 49.7 Å². The molecule has 1 amide bonds. The number of amides is 1. The first-order valence-electron chi connectivity index (χ1n) is 8.35. The minimum Gasteiger partial charge on any atom is -0.338 e. The van der Waals surface area contributed by atoms with E-state index in [9.17, 15) is 17.6 Å². The highest BCUT2D eigenvalue weighted by molar-refractivity contribution is 8.01. The van der Waals surface area contributed by atoms with E-state index < -0.39 is 9.84 Å². The van der Waals surface area contributed by atoms with Gasteiger partial charge in [0, 0.05) is 12.6 Å². The fourth-order valence-electron chi connectivity index (χ4n) is 2.86.